The predicted molar refractivity (Wildman–Crippen MR) is 87.7 cm³/mol. The number of aryl methyl sites for hydroxylation is 1. The zero-order chi connectivity index (χ0) is 16.2. The molecule has 1 fully saturated rings. The number of piperazine rings is 1. The highest BCUT2D eigenvalue weighted by molar-refractivity contribution is 5.91. The molecule has 0 unspecified atom stereocenters. The van der Waals surface area contributed by atoms with Gasteiger partial charge in [-0.1, -0.05) is 0 Å². The highest BCUT2D eigenvalue weighted by atomic mass is 19.1. The van der Waals surface area contributed by atoms with Crippen LogP contribution < -0.4 is 4.90 Å². The normalized spacial score (nSPS) is 15.4. The molecule has 2 aromatic rings. The molecule has 4 nitrogen and oxygen atoms in total. The van der Waals surface area contributed by atoms with E-state index < -0.39 is 0 Å². The summed E-state index contributed by atoms with van der Waals surface area (Å²) in [6.07, 6.45) is 3.24. The van der Waals surface area contributed by atoms with Crippen LogP contribution in [0.4, 0.5) is 10.1 Å². The molecular weight excluding hydrogens is 295 g/mol. The Morgan fingerprint density at radius 2 is 1.78 bits per heavy atom. The third kappa shape index (κ3) is 3.80. The number of furan rings is 1. The van der Waals surface area contributed by atoms with Gasteiger partial charge < -0.3 is 14.2 Å². The molecule has 1 aliphatic heterocycles. The molecule has 0 N–H and O–H groups in total. The first-order valence-corrected chi connectivity index (χ1v) is 7.66. The third-order valence-corrected chi connectivity index (χ3v) is 3.93. The summed E-state index contributed by atoms with van der Waals surface area (Å²) >= 11 is 0. The average molecular weight is 314 g/mol. The zero-order valence-corrected chi connectivity index (χ0v) is 13.0. The Balaban J connectivity index is 1.55. The minimum absolute atomic E-state index is 0.0159. The molecule has 1 aromatic carbocycles. The quantitative estimate of drug-likeness (QED) is 0.817. The van der Waals surface area contributed by atoms with E-state index >= 15 is 0 Å². The number of amides is 1. The number of hydrogen-bond donors (Lipinski definition) is 0. The van der Waals surface area contributed by atoms with Crippen LogP contribution in [0.15, 0.2) is 46.9 Å². The van der Waals surface area contributed by atoms with Gasteiger partial charge in [-0.15, -0.1) is 0 Å². The largest absolute Gasteiger partial charge is 0.462 e. The predicted octanol–water partition coefficient (Wildman–Crippen LogP) is 3.09. The number of halogens is 1. The molecule has 2 heterocycles. The summed E-state index contributed by atoms with van der Waals surface area (Å²) in [6, 6.07) is 10.2. The fraction of sp³-hybridized carbons (Fsp3) is 0.278. The SMILES string of the molecule is Cc1ccc(/C=C/C(=O)N2CCN(c3ccc(F)cc3)CC2)o1. The Kier molecular flexibility index (Phi) is 4.46. The van der Waals surface area contributed by atoms with Gasteiger partial charge in [0, 0.05) is 37.9 Å². The first-order chi connectivity index (χ1) is 11.1. The fourth-order valence-electron chi connectivity index (χ4n) is 2.64. The van der Waals surface area contributed by atoms with Crippen molar-refractivity contribution in [2.75, 3.05) is 31.1 Å². The van der Waals surface area contributed by atoms with E-state index in [1.54, 1.807) is 24.3 Å². The molecule has 0 saturated carbocycles. The number of benzene rings is 1. The number of rotatable bonds is 3. The summed E-state index contributed by atoms with van der Waals surface area (Å²) in [4.78, 5) is 16.2. The van der Waals surface area contributed by atoms with Gasteiger partial charge in [0.25, 0.3) is 0 Å². The second-order valence-corrected chi connectivity index (χ2v) is 5.57. The third-order valence-electron chi connectivity index (χ3n) is 3.93. The Morgan fingerprint density at radius 3 is 2.39 bits per heavy atom. The lowest BCUT2D eigenvalue weighted by atomic mass is 10.2. The molecule has 1 amide bonds. The van der Waals surface area contributed by atoms with E-state index in [1.807, 2.05) is 24.0 Å². The maximum Gasteiger partial charge on any atom is 0.246 e. The Labute approximate surface area is 134 Å². The maximum atomic E-state index is 13.0. The lowest BCUT2D eigenvalue weighted by Gasteiger charge is -2.35. The second-order valence-electron chi connectivity index (χ2n) is 5.57. The Morgan fingerprint density at radius 1 is 1.09 bits per heavy atom. The van der Waals surface area contributed by atoms with E-state index in [9.17, 15) is 9.18 Å². The summed E-state index contributed by atoms with van der Waals surface area (Å²) in [6.45, 7) is 4.65. The standard InChI is InChI=1S/C18H19FN2O2/c1-14-2-7-17(23-14)8-9-18(22)21-12-10-20(11-13-21)16-5-3-15(19)4-6-16/h2-9H,10-13H2,1H3/b9-8+. The molecule has 0 atom stereocenters. The van der Waals surface area contributed by atoms with Crippen LogP contribution in [0.3, 0.4) is 0 Å². The van der Waals surface area contributed by atoms with E-state index in [-0.39, 0.29) is 11.7 Å². The van der Waals surface area contributed by atoms with Gasteiger partial charge in [0.2, 0.25) is 5.91 Å². The van der Waals surface area contributed by atoms with Crippen LogP contribution in [0.25, 0.3) is 6.08 Å². The van der Waals surface area contributed by atoms with Crippen molar-refractivity contribution in [1.82, 2.24) is 4.90 Å². The van der Waals surface area contributed by atoms with Crippen LogP contribution in [-0.4, -0.2) is 37.0 Å². The number of hydrogen-bond acceptors (Lipinski definition) is 3. The van der Waals surface area contributed by atoms with Gasteiger partial charge in [-0.05, 0) is 49.4 Å². The van der Waals surface area contributed by atoms with Crippen molar-refractivity contribution in [3.63, 3.8) is 0 Å². The minimum Gasteiger partial charge on any atom is -0.462 e. The van der Waals surface area contributed by atoms with Crippen LogP contribution in [0, 0.1) is 12.7 Å². The van der Waals surface area contributed by atoms with Gasteiger partial charge >= 0.3 is 0 Å². The van der Waals surface area contributed by atoms with Gasteiger partial charge in [0.1, 0.15) is 17.3 Å². The van der Waals surface area contributed by atoms with Gasteiger partial charge in [0.15, 0.2) is 0 Å². The molecule has 3 rings (SSSR count). The molecule has 0 aliphatic carbocycles. The van der Waals surface area contributed by atoms with Crippen molar-refractivity contribution in [2.45, 2.75) is 6.92 Å². The van der Waals surface area contributed by atoms with E-state index in [0.717, 1.165) is 24.5 Å². The summed E-state index contributed by atoms with van der Waals surface area (Å²) in [5, 5.41) is 0. The van der Waals surface area contributed by atoms with Crippen LogP contribution >= 0.6 is 0 Å². The highest BCUT2D eigenvalue weighted by Crippen LogP contribution is 2.17. The average Bonchev–Trinajstić information content (AvgIpc) is 2.99. The number of anilines is 1. The van der Waals surface area contributed by atoms with Crippen molar-refractivity contribution in [3.05, 3.63) is 59.8 Å². The van der Waals surface area contributed by atoms with Crippen molar-refractivity contribution in [1.29, 1.82) is 0 Å². The van der Waals surface area contributed by atoms with Gasteiger partial charge in [-0.3, -0.25) is 4.79 Å². The molecule has 1 saturated heterocycles. The highest BCUT2D eigenvalue weighted by Gasteiger charge is 2.19. The smallest absolute Gasteiger partial charge is 0.246 e. The molecule has 0 radical (unpaired) electrons. The van der Waals surface area contributed by atoms with Gasteiger partial charge in [0.05, 0.1) is 0 Å². The molecule has 1 aromatic heterocycles. The molecule has 5 heteroatoms. The van der Waals surface area contributed by atoms with Crippen LogP contribution in [-0.2, 0) is 4.79 Å². The number of carbonyl (C=O) groups is 1. The van der Waals surface area contributed by atoms with Crippen LogP contribution in [0.5, 0.6) is 0 Å². The monoisotopic (exact) mass is 314 g/mol. The first-order valence-electron chi connectivity index (χ1n) is 7.66. The summed E-state index contributed by atoms with van der Waals surface area (Å²) in [5.41, 5.74) is 0.986. The van der Waals surface area contributed by atoms with Gasteiger partial charge in [-0.25, -0.2) is 4.39 Å². The minimum atomic E-state index is -0.235. The Bertz CT molecular complexity index is 698. The lowest BCUT2D eigenvalue weighted by Crippen LogP contribution is -2.48. The van der Waals surface area contributed by atoms with Crippen LogP contribution in [0.2, 0.25) is 0 Å². The lowest BCUT2D eigenvalue weighted by molar-refractivity contribution is -0.126. The zero-order valence-electron chi connectivity index (χ0n) is 13.0. The fourth-order valence-corrected chi connectivity index (χ4v) is 2.64. The summed E-state index contributed by atoms with van der Waals surface area (Å²) in [5.74, 6) is 1.25. The summed E-state index contributed by atoms with van der Waals surface area (Å²) < 4.78 is 18.4. The molecular formula is C18H19FN2O2. The van der Waals surface area contributed by atoms with E-state index in [2.05, 4.69) is 4.90 Å². The topological polar surface area (TPSA) is 36.7 Å². The molecule has 120 valence electrons. The second kappa shape index (κ2) is 6.69. The number of nitrogens with zero attached hydrogens (tertiary/aromatic N) is 2. The Hall–Kier alpha value is -2.56. The summed E-state index contributed by atoms with van der Waals surface area (Å²) in [7, 11) is 0. The van der Waals surface area contributed by atoms with Crippen molar-refractivity contribution in [2.24, 2.45) is 0 Å². The molecule has 23 heavy (non-hydrogen) atoms. The number of carbonyl (C=O) groups excluding carboxylic acids is 1. The first kappa shape index (κ1) is 15.3. The van der Waals surface area contributed by atoms with Crippen molar-refractivity contribution < 1.29 is 13.6 Å². The molecule has 0 spiro atoms. The van der Waals surface area contributed by atoms with Crippen LogP contribution in [0.1, 0.15) is 11.5 Å². The van der Waals surface area contributed by atoms with Crippen molar-refractivity contribution in [3.8, 4) is 0 Å². The van der Waals surface area contributed by atoms with Crippen molar-refractivity contribution >= 4 is 17.7 Å². The van der Waals surface area contributed by atoms with E-state index in [4.69, 9.17) is 4.42 Å². The maximum absolute atomic E-state index is 13.0. The molecule has 1 aliphatic rings. The van der Waals surface area contributed by atoms with Gasteiger partial charge in [-0.2, -0.15) is 0 Å². The molecule has 0 bridgehead atoms. The van der Waals surface area contributed by atoms with E-state index in [0.29, 0.717) is 18.8 Å². The van der Waals surface area contributed by atoms with E-state index in [1.165, 1.54) is 12.1 Å².